The van der Waals surface area contributed by atoms with Gasteiger partial charge in [-0.15, -0.1) is 0 Å². The summed E-state index contributed by atoms with van der Waals surface area (Å²) in [5.74, 6) is 0.513. The molecule has 22 heavy (non-hydrogen) atoms. The summed E-state index contributed by atoms with van der Waals surface area (Å²) in [5, 5.41) is 20.0. The first-order valence-electron chi connectivity index (χ1n) is 8.49. The molecule has 1 unspecified atom stereocenters. The Labute approximate surface area is 130 Å². The fourth-order valence-corrected chi connectivity index (χ4v) is 3.91. The number of aliphatic hydroxyl groups excluding tert-OH is 1. The van der Waals surface area contributed by atoms with E-state index in [1.807, 2.05) is 6.07 Å². The second-order valence-corrected chi connectivity index (χ2v) is 7.00. The number of nitrogens with zero attached hydrogens (tertiary/aromatic N) is 2. The lowest BCUT2D eigenvalue weighted by Gasteiger charge is -2.29. The smallest absolute Gasteiger partial charge is 0.272 e. The third-order valence-corrected chi connectivity index (χ3v) is 5.31. The van der Waals surface area contributed by atoms with E-state index in [0.29, 0.717) is 17.7 Å². The van der Waals surface area contributed by atoms with Gasteiger partial charge in [0.25, 0.3) is 5.91 Å². The highest BCUT2D eigenvalue weighted by Gasteiger charge is 2.36. The van der Waals surface area contributed by atoms with Crippen molar-refractivity contribution in [2.75, 3.05) is 13.1 Å². The summed E-state index contributed by atoms with van der Waals surface area (Å²) in [5.41, 5.74) is 1.60. The zero-order chi connectivity index (χ0) is 15.1. The third kappa shape index (κ3) is 2.77. The van der Waals surface area contributed by atoms with Crippen LogP contribution in [0.2, 0.25) is 0 Å². The van der Waals surface area contributed by atoms with E-state index >= 15 is 0 Å². The molecule has 0 spiro atoms. The molecule has 3 N–H and O–H groups in total. The summed E-state index contributed by atoms with van der Waals surface area (Å²) in [6.07, 6.45) is 6.30. The van der Waals surface area contributed by atoms with E-state index in [0.717, 1.165) is 44.5 Å². The van der Waals surface area contributed by atoms with Crippen LogP contribution >= 0.6 is 0 Å². The number of aromatic amines is 1. The van der Waals surface area contributed by atoms with E-state index in [2.05, 4.69) is 20.4 Å². The maximum atomic E-state index is 12.4. The zero-order valence-electron chi connectivity index (χ0n) is 12.8. The molecule has 3 fully saturated rings. The van der Waals surface area contributed by atoms with E-state index in [4.69, 9.17) is 0 Å². The minimum Gasteiger partial charge on any atom is -0.392 e. The lowest BCUT2D eigenvalue weighted by atomic mass is 10.1. The van der Waals surface area contributed by atoms with Crippen molar-refractivity contribution in [1.29, 1.82) is 0 Å². The lowest BCUT2D eigenvalue weighted by molar-refractivity contribution is 0.0901. The molecule has 3 aliphatic rings. The number of amides is 1. The van der Waals surface area contributed by atoms with E-state index in [9.17, 15) is 9.90 Å². The van der Waals surface area contributed by atoms with Gasteiger partial charge in [-0.25, -0.2) is 0 Å². The van der Waals surface area contributed by atoms with Crippen LogP contribution in [-0.2, 0) is 0 Å². The molecule has 3 atom stereocenters. The normalized spacial score (nSPS) is 32.5. The molecule has 6 nitrogen and oxygen atoms in total. The fourth-order valence-electron chi connectivity index (χ4n) is 3.91. The van der Waals surface area contributed by atoms with Gasteiger partial charge in [0.15, 0.2) is 0 Å². The van der Waals surface area contributed by atoms with Crippen molar-refractivity contribution in [3.63, 3.8) is 0 Å². The topological polar surface area (TPSA) is 81.3 Å². The zero-order valence-corrected chi connectivity index (χ0v) is 12.8. The number of carbonyl (C=O) groups excluding carboxylic acids is 1. The summed E-state index contributed by atoms with van der Waals surface area (Å²) in [6.45, 7) is 1.68. The maximum Gasteiger partial charge on any atom is 0.272 e. The second-order valence-electron chi connectivity index (χ2n) is 7.00. The SMILES string of the molecule is O=C(N[C@@H]1CCC[C@@H]1N1CCC(O)C1)c1cc(C2CC2)[nH]n1. The molecule has 0 aromatic carbocycles. The van der Waals surface area contributed by atoms with Crippen molar-refractivity contribution in [3.05, 3.63) is 17.5 Å². The van der Waals surface area contributed by atoms with Gasteiger partial charge in [-0.3, -0.25) is 14.8 Å². The van der Waals surface area contributed by atoms with Gasteiger partial charge < -0.3 is 10.4 Å². The van der Waals surface area contributed by atoms with Crippen molar-refractivity contribution in [2.24, 2.45) is 0 Å². The summed E-state index contributed by atoms with van der Waals surface area (Å²) >= 11 is 0. The van der Waals surface area contributed by atoms with E-state index in [1.165, 1.54) is 12.8 Å². The molecule has 1 aromatic heterocycles. The maximum absolute atomic E-state index is 12.4. The second kappa shape index (κ2) is 5.66. The van der Waals surface area contributed by atoms with Crippen LogP contribution in [0.25, 0.3) is 0 Å². The Hall–Kier alpha value is -1.40. The summed E-state index contributed by atoms with van der Waals surface area (Å²) in [6, 6.07) is 2.44. The minimum atomic E-state index is -0.204. The summed E-state index contributed by atoms with van der Waals surface area (Å²) in [4.78, 5) is 14.8. The molecule has 1 amide bonds. The molecular formula is C16H24N4O2. The van der Waals surface area contributed by atoms with Crippen molar-refractivity contribution < 1.29 is 9.90 Å². The van der Waals surface area contributed by atoms with Crippen molar-refractivity contribution in [1.82, 2.24) is 20.4 Å². The number of H-pyrrole nitrogens is 1. The Kier molecular flexibility index (Phi) is 3.66. The predicted octanol–water partition coefficient (Wildman–Crippen LogP) is 1.00. The van der Waals surface area contributed by atoms with Crippen LogP contribution in [0.4, 0.5) is 0 Å². The van der Waals surface area contributed by atoms with Gasteiger partial charge in [0.1, 0.15) is 5.69 Å². The molecule has 1 aromatic rings. The van der Waals surface area contributed by atoms with E-state index in [-0.39, 0.29) is 18.1 Å². The van der Waals surface area contributed by atoms with Crippen molar-refractivity contribution in [3.8, 4) is 0 Å². The number of hydrogen-bond donors (Lipinski definition) is 3. The number of carbonyl (C=O) groups is 1. The first-order chi connectivity index (χ1) is 10.7. The van der Waals surface area contributed by atoms with Gasteiger partial charge in [-0.1, -0.05) is 0 Å². The number of rotatable bonds is 4. The van der Waals surface area contributed by atoms with Crippen LogP contribution < -0.4 is 5.32 Å². The molecular weight excluding hydrogens is 280 g/mol. The highest BCUT2D eigenvalue weighted by molar-refractivity contribution is 5.92. The van der Waals surface area contributed by atoms with Gasteiger partial charge in [-0.05, 0) is 44.6 Å². The molecule has 1 aliphatic heterocycles. The Bertz CT molecular complexity index is 554. The van der Waals surface area contributed by atoms with Gasteiger partial charge in [0.05, 0.1) is 6.10 Å². The van der Waals surface area contributed by atoms with Crippen LogP contribution in [0.5, 0.6) is 0 Å². The van der Waals surface area contributed by atoms with Crippen LogP contribution in [0.3, 0.4) is 0 Å². The minimum absolute atomic E-state index is 0.0696. The molecule has 1 saturated heterocycles. The van der Waals surface area contributed by atoms with Crippen LogP contribution in [-0.4, -0.2) is 57.4 Å². The van der Waals surface area contributed by atoms with Crippen molar-refractivity contribution >= 4 is 5.91 Å². The first-order valence-corrected chi connectivity index (χ1v) is 8.49. The van der Waals surface area contributed by atoms with Gasteiger partial charge in [0, 0.05) is 36.8 Å². The fraction of sp³-hybridized carbons (Fsp3) is 0.750. The lowest BCUT2D eigenvalue weighted by Crippen LogP contribution is -2.48. The monoisotopic (exact) mass is 304 g/mol. The average molecular weight is 304 g/mol. The number of likely N-dealkylation sites (tertiary alicyclic amines) is 1. The van der Waals surface area contributed by atoms with Crippen molar-refractivity contribution in [2.45, 2.75) is 62.6 Å². The Morgan fingerprint density at radius 3 is 2.91 bits per heavy atom. The van der Waals surface area contributed by atoms with Gasteiger partial charge >= 0.3 is 0 Å². The molecule has 0 radical (unpaired) electrons. The average Bonchev–Trinajstić information content (AvgIpc) is 2.93. The van der Waals surface area contributed by atoms with E-state index < -0.39 is 0 Å². The Morgan fingerprint density at radius 1 is 1.32 bits per heavy atom. The number of aromatic nitrogens is 2. The highest BCUT2D eigenvalue weighted by atomic mass is 16.3. The Balaban J connectivity index is 1.39. The quantitative estimate of drug-likeness (QED) is 0.775. The largest absolute Gasteiger partial charge is 0.392 e. The standard InChI is InChI=1S/C16H24N4O2/c21-11-6-7-20(9-11)15-3-1-2-12(15)17-16(22)14-8-13(18-19-14)10-4-5-10/h8,10-12,15,21H,1-7,9H2,(H,17,22)(H,18,19)/t11?,12-,15+/m1/s1. The number of nitrogens with one attached hydrogen (secondary N) is 2. The molecule has 6 heteroatoms. The Morgan fingerprint density at radius 2 is 2.18 bits per heavy atom. The first kappa shape index (κ1) is 14.2. The summed E-state index contributed by atoms with van der Waals surface area (Å²) < 4.78 is 0. The predicted molar refractivity (Wildman–Crippen MR) is 81.7 cm³/mol. The van der Waals surface area contributed by atoms with Crippen LogP contribution in [0.15, 0.2) is 6.07 Å². The molecule has 0 bridgehead atoms. The molecule has 120 valence electrons. The number of aliphatic hydroxyl groups is 1. The highest BCUT2D eigenvalue weighted by Crippen LogP contribution is 2.39. The van der Waals surface area contributed by atoms with Crippen LogP contribution in [0, 0.1) is 0 Å². The molecule has 2 saturated carbocycles. The van der Waals surface area contributed by atoms with Gasteiger partial charge in [-0.2, -0.15) is 5.10 Å². The molecule has 2 heterocycles. The number of β-amino-alcohol motifs (C(OH)–C–C–N with tert-alkyl or cyclic N) is 1. The van der Waals surface area contributed by atoms with E-state index in [1.54, 1.807) is 0 Å². The number of hydrogen-bond acceptors (Lipinski definition) is 4. The molecule has 2 aliphatic carbocycles. The molecule has 4 rings (SSSR count). The summed E-state index contributed by atoms with van der Waals surface area (Å²) in [7, 11) is 0. The van der Waals surface area contributed by atoms with Gasteiger partial charge in [0.2, 0.25) is 0 Å². The third-order valence-electron chi connectivity index (χ3n) is 5.31. The van der Waals surface area contributed by atoms with Crippen LogP contribution in [0.1, 0.15) is 60.6 Å².